The molecule has 10 aliphatic rings. The van der Waals surface area contributed by atoms with Crippen molar-refractivity contribution in [3.63, 3.8) is 0 Å². The van der Waals surface area contributed by atoms with Crippen molar-refractivity contribution in [2.45, 2.75) is 207 Å². The van der Waals surface area contributed by atoms with Crippen molar-refractivity contribution < 1.29 is 76.5 Å². The molecule has 8 saturated heterocycles. The van der Waals surface area contributed by atoms with E-state index in [0.29, 0.717) is 48.4 Å². The van der Waals surface area contributed by atoms with Crippen molar-refractivity contribution in [3.8, 4) is 11.5 Å². The van der Waals surface area contributed by atoms with Gasteiger partial charge in [0.1, 0.15) is 11.5 Å². The lowest BCUT2D eigenvalue weighted by molar-refractivity contribution is -0.578. The molecule has 8 aliphatic heterocycles. The van der Waals surface area contributed by atoms with Crippen LogP contribution in [0, 0.1) is 47.3 Å². The molecule has 10 fully saturated rings. The minimum atomic E-state index is -0.801. The summed E-state index contributed by atoms with van der Waals surface area (Å²) in [5.74, 6) is 1.22. The quantitative estimate of drug-likeness (QED) is 0.130. The topological polar surface area (TPSA) is 163 Å². The molecule has 2 aromatic carbocycles. The van der Waals surface area contributed by atoms with Gasteiger partial charge in [0, 0.05) is 36.5 Å². The zero-order valence-corrected chi connectivity index (χ0v) is 44.5. The van der Waals surface area contributed by atoms with E-state index in [1.165, 1.54) is 0 Å². The number of carbonyl (C=O) groups is 2. The Morgan fingerprint density at radius 1 is 0.542 bits per heavy atom. The molecule has 8 heterocycles. The zero-order valence-electron chi connectivity index (χ0n) is 44.5. The predicted octanol–water partition coefficient (Wildman–Crippen LogP) is 10.6. The molecule has 400 valence electrons. The van der Waals surface area contributed by atoms with Crippen LogP contribution in [-0.4, -0.2) is 85.3 Å². The maximum atomic E-state index is 11.8. The first-order valence-electron chi connectivity index (χ1n) is 26.9. The number of ether oxygens (including phenoxy) is 10. The van der Waals surface area contributed by atoms with E-state index in [9.17, 15) is 9.59 Å². The summed E-state index contributed by atoms with van der Waals surface area (Å²) in [6.07, 6.45) is 4.29. The van der Waals surface area contributed by atoms with E-state index >= 15 is 0 Å². The van der Waals surface area contributed by atoms with Gasteiger partial charge in [-0.05, 0) is 153 Å². The van der Waals surface area contributed by atoms with E-state index < -0.39 is 60.1 Å². The van der Waals surface area contributed by atoms with E-state index in [1.807, 2.05) is 76.2 Å². The Hall–Kier alpha value is -3.42. The summed E-state index contributed by atoms with van der Waals surface area (Å²) >= 11 is 0. The van der Waals surface area contributed by atoms with Gasteiger partial charge in [-0.2, -0.15) is 0 Å². The molecule has 2 aliphatic carbocycles. The van der Waals surface area contributed by atoms with Crippen LogP contribution in [0.25, 0.3) is 0 Å². The molecule has 0 radical (unpaired) electrons. The van der Waals surface area contributed by atoms with Crippen LogP contribution in [0.3, 0.4) is 0 Å². The third-order valence-corrected chi connectivity index (χ3v) is 17.4. The number of esters is 2. The van der Waals surface area contributed by atoms with Gasteiger partial charge >= 0.3 is 11.9 Å². The van der Waals surface area contributed by atoms with Crippen LogP contribution in [0.15, 0.2) is 48.5 Å². The summed E-state index contributed by atoms with van der Waals surface area (Å²) in [5, 5.41) is 0. The van der Waals surface area contributed by atoms with Crippen molar-refractivity contribution in [2.75, 3.05) is 13.2 Å². The highest BCUT2D eigenvalue weighted by Crippen LogP contribution is 2.62. The fourth-order valence-electron chi connectivity index (χ4n) is 13.3. The van der Waals surface area contributed by atoms with Crippen molar-refractivity contribution in [1.82, 2.24) is 0 Å². The Kier molecular flexibility index (Phi) is 15.8. The lowest BCUT2D eigenvalue weighted by Crippen LogP contribution is -2.70. The van der Waals surface area contributed by atoms with Gasteiger partial charge in [0.2, 0.25) is 11.6 Å². The molecule has 11 unspecified atom stereocenters. The highest BCUT2D eigenvalue weighted by molar-refractivity contribution is 5.75. The van der Waals surface area contributed by atoms with E-state index in [0.717, 1.165) is 62.5 Å². The first kappa shape index (κ1) is 53.4. The summed E-state index contributed by atoms with van der Waals surface area (Å²) in [7, 11) is 0. The number of rotatable bonds is 14. The summed E-state index contributed by atoms with van der Waals surface area (Å²) in [5.41, 5.74) is 0.801. The molecular weight excluding hydrogens is 929 g/mol. The second-order valence-corrected chi connectivity index (χ2v) is 22.3. The Labute approximate surface area is 425 Å². The van der Waals surface area contributed by atoms with Crippen molar-refractivity contribution >= 4 is 11.9 Å². The second kappa shape index (κ2) is 21.3. The summed E-state index contributed by atoms with van der Waals surface area (Å²) in [6.45, 7) is 24.5. The van der Waals surface area contributed by atoms with Gasteiger partial charge in [-0.3, -0.25) is 0 Å². The van der Waals surface area contributed by atoms with Gasteiger partial charge in [0.05, 0.1) is 25.4 Å². The summed E-state index contributed by atoms with van der Waals surface area (Å²) < 4.78 is 60.4. The predicted molar refractivity (Wildman–Crippen MR) is 259 cm³/mol. The molecule has 72 heavy (non-hydrogen) atoms. The van der Waals surface area contributed by atoms with E-state index in [-0.39, 0.29) is 47.8 Å². The minimum absolute atomic E-state index is 0.112. The second-order valence-electron chi connectivity index (χ2n) is 22.3. The highest BCUT2D eigenvalue weighted by atomic mass is 17.3. The average molecular weight is 1010 g/mol. The van der Waals surface area contributed by atoms with Gasteiger partial charge in [-0.1, -0.05) is 52.0 Å². The van der Waals surface area contributed by atoms with Crippen LogP contribution in [0.2, 0.25) is 0 Å². The molecule has 2 aromatic rings. The van der Waals surface area contributed by atoms with Gasteiger partial charge in [0.15, 0.2) is 48.6 Å². The monoisotopic (exact) mass is 1010 g/mol. The third-order valence-electron chi connectivity index (χ3n) is 17.4. The van der Waals surface area contributed by atoms with Gasteiger partial charge < -0.3 is 47.4 Å². The number of hydrogen-bond donors (Lipinski definition) is 0. The number of carbonyl (C=O) groups excluding carboxylic acids is 2. The van der Waals surface area contributed by atoms with Gasteiger partial charge in [0.25, 0.3) is 0 Å². The zero-order chi connectivity index (χ0) is 51.3. The molecule has 4 bridgehead atoms. The summed E-state index contributed by atoms with van der Waals surface area (Å²) in [6, 6.07) is 15.2. The molecule has 0 amide bonds. The first-order valence-corrected chi connectivity index (χ1v) is 26.9. The lowest BCUT2D eigenvalue weighted by atomic mass is 9.58. The average Bonchev–Trinajstić information content (AvgIpc) is 3.74. The van der Waals surface area contributed by atoms with Crippen molar-refractivity contribution in [2.24, 2.45) is 47.3 Å². The number of fused-ring (bicyclic) bond motifs is 4. The fraction of sp³-hybridized carbons (Fsp3) is 0.750. The van der Waals surface area contributed by atoms with Gasteiger partial charge in [-0.15, -0.1) is 0 Å². The molecule has 2 spiro atoms. The van der Waals surface area contributed by atoms with Crippen molar-refractivity contribution in [3.05, 3.63) is 59.7 Å². The molecule has 0 aromatic heterocycles. The lowest BCUT2D eigenvalue weighted by Gasteiger charge is -2.60. The standard InChI is InChI=1S/2C28H40O8/c2*1-7-30-24(29)19(5)31-21-11-9-20(10-12-21)18(4)32-25-17(3)23-13-8-16(2)22-14-15-27(6)34-26(33-25)28(22,23)36-35-27/h2*9-12,16-19,22-23,25-26H,7-8,13-15H2,1-6H3/t16-,17-,18?,19?,22?,23?,25?,26?,27-,28-;16-,17-,18?,19?,22?,23?,25+,26?,27-,28-/m11/s1. The van der Waals surface area contributed by atoms with Crippen molar-refractivity contribution in [1.29, 1.82) is 0 Å². The molecule has 12 rings (SSSR count). The SMILES string of the molecule is CCOC(=O)C(C)Oc1ccc(C(C)OC2OC3O[C@@]4(C)CCC5[C@H](C)CCC([C@H]2C)[C@@]35OO4)cc1.CCOC(=O)C(C)Oc1ccc(C(C)O[C@H]2OC3O[C@@]4(C)CCC5[C@H](C)CCC([C@H]2C)[C@@]35OO4)cc1. The largest absolute Gasteiger partial charge is 0.479 e. The molecule has 16 nitrogen and oxygen atoms in total. The highest BCUT2D eigenvalue weighted by Gasteiger charge is 2.71. The fourth-order valence-corrected chi connectivity index (χ4v) is 13.3. The van der Waals surface area contributed by atoms with E-state index in [2.05, 4.69) is 27.7 Å². The molecular formula is C56H80O16. The van der Waals surface area contributed by atoms with E-state index in [4.69, 9.17) is 66.9 Å². The smallest absolute Gasteiger partial charge is 0.347 e. The number of hydrogen-bond acceptors (Lipinski definition) is 16. The third kappa shape index (κ3) is 10.1. The molecule has 2 saturated carbocycles. The Bertz CT molecular complexity index is 2020. The Balaban J connectivity index is 0.000000178. The van der Waals surface area contributed by atoms with Crippen LogP contribution < -0.4 is 9.47 Å². The maximum Gasteiger partial charge on any atom is 0.347 e. The Morgan fingerprint density at radius 2 is 0.917 bits per heavy atom. The van der Waals surface area contributed by atoms with Crippen LogP contribution in [0.4, 0.5) is 0 Å². The maximum absolute atomic E-state index is 11.8. The van der Waals surface area contributed by atoms with Gasteiger partial charge in [-0.25, -0.2) is 29.1 Å². The minimum Gasteiger partial charge on any atom is -0.479 e. The summed E-state index contributed by atoms with van der Waals surface area (Å²) in [4.78, 5) is 47.9. The number of benzene rings is 2. The van der Waals surface area contributed by atoms with Crippen LogP contribution in [0.1, 0.15) is 158 Å². The first-order chi connectivity index (χ1) is 34.3. The van der Waals surface area contributed by atoms with Crippen LogP contribution in [-0.2, 0) is 67.0 Å². The molecule has 16 heteroatoms. The Morgan fingerprint density at radius 3 is 1.28 bits per heavy atom. The van der Waals surface area contributed by atoms with Crippen LogP contribution in [0.5, 0.6) is 11.5 Å². The normalized spacial score (nSPS) is 41.1. The van der Waals surface area contributed by atoms with Crippen LogP contribution >= 0.6 is 0 Å². The molecule has 0 N–H and O–H groups in total. The van der Waals surface area contributed by atoms with E-state index in [1.54, 1.807) is 27.7 Å². The molecule has 20 atom stereocenters.